The van der Waals surface area contributed by atoms with Gasteiger partial charge < -0.3 is 0 Å². The molecule has 0 heterocycles. The maximum Gasteiger partial charge on any atom is 0.274 e. The molecule has 0 aliphatic heterocycles. The van der Waals surface area contributed by atoms with E-state index < -0.39 is 11.7 Å². The monoisotopic (exact) mass is 231 g/mol. The minimum atomic E-state index is -0.631. The molecular weight excluding hydrogens is 221 g/mol. The van der Waals surface area contributed by atoms with E-state index in [1.807, 2.05) is 0 Å². The predicted molar refractivity (Wildman–Crippen MR) is 55.1 cm³/mol. The lowest BCUT2D eigenvalue weighted by Crippen LogP contribution is -2.26. The van der Waals surface area contributed by atoms with E-state index in [0.29, 0.717) is 0 Å². The van der Waals surface area contributed by atoms with Gasteiger partial charge in [-0.2, -0.15) is 0 Å². The third-order valence-electron chi connectivity index (χ3n) is 1.57. The molecule has 1 rings (SSSR count). The molecule has 0 unspecified atom stereocenters. The van der Waals surface area contributed by atoms with E-state index in [1.165, 1.54) is 12.1 Å². The van der Waals surface area contributed by atoms with Gasteiger partial charge in [-0.1, -0.05) is 11.6 Å². The van der Waals surface area contributed by atoms with Crippen LogP contribution in [-0.4, -0.2) is 12.0 Å². The number of nitrogens with one attached hydrogen (secondary N) is 1. The molecular formula is C10H11ClFNO2. The van der Waals surface area contributed by atoms with Gasteiger partial charge in [0.05, 0.1) is 11.1 Å². The van der Waals surface area contributed by atoms with Crippen LogP contribution in [0.15, 0.2) is 18.2 Å². The molecule has 0 atom stereocenters. The van der Waals surface area contributed by atoms with Crippen molar-refractivity contribution in [3.8, 4) is 0 Å². The Hall–Kier alpha value is -1.13. The summed E-state index contributed by atoms with van der Waals surface area (Å²) in [5.74, 6) is -1.13. The maximum atomic E-state index is 13.0. The first-order valence-corrected chi connectivity index (χ1v) is 4.79. The highest BCUT2D eigenvalue weighted by Gasteiger charge is 2.09. The molecule has 1 amide bonds. The minimum absolute atomic E-state index is 0.0173. The molecule has 15 heavy (non-hydrogen) atoms. The fourth-order valence-electron chi connectivity index (χ4n) is 0.868. The summed E-state index contributed by atoms with van der Waals surface area (Å²) in [6.45, 7) is 3.53. The number of hydrogen-bond acceptors (Lipinski definition) is 2. The van der Waals surface area contributed by atoms with Crippen molar-refractivity contribution in [1.29, 1.82) is 0 Å². The van der Waals surface area contributed by atoms with E-state index in [1.54, 1.807) is 13.8 Å². The molecule has 0 fully saturated rings. The molecule has 5 heteroatoms. The summed E-state index contributed by atoms with van der Waals surface area (Å²) in [5, 5.41) is -0.0173. The van der Waals surface area contributed by atoms with Crippen LogP contribution >= 0.6 is 11.6 Å². The largest absolute Gasteiger partial charge is 0.274 e. The van der Waals surface area contributed by atoms with Crippen LogP contribution in [0, 0.1) is 5.82 Å². The van der Waals surface area contributed by atoms with Crippen molar-refractivity contribution in [2.45, 2.75) is 20.0 Å². The van der Waals surface area contributed by atoms with Crippen LogP contribution in [0.1, 0.15) is 24.2 Å². The summed E-state index contributed by atoms with van der Waals surface area (Å²) in [7, 11) is 0. The SMILES string of the molecule is CC(C)ONC(=O)c1ccc(Cl)c(F)c1. The molecule has 0 bridgehead atoms. The Morgan fingerprint density at radius 1 is 1.53 bits per heavy atom. The van der Waals surface area contributed by atoms with Gasteiger partial charge in [-0.05, 0) is 32.0 Å². The molecule has 0 saturated carbocycles. The van der Waals surface area contributed by atoms with E-state index in [2.05, 4.69) is 5.48 Å². The Labute approximate surface area is 92.1 Å². The molecule has 1 aromatic carbocycles. The molecule has 0 aromatic heterocycles. The van der Waals surface area contributed by atoms with Gasteiger partial charge >= 0.3 is 0 Å². The second-order valence-electron chi connectivity index (χ2n) is 3.23. The van der Waals surface area contributed by atoms with Crippen LogP contribution in [0.5, 0.6) is 0 Å². The molecule has 0 spiro atoms. The van der Waals surface area contributed by atoms with Crippen molar-refractivity contribution >= 4 is 17.5 Å². The average molecular weight is 232 g/mol. The third kappa shape index (κ3) is 3.49. The first-order valence-electron chi connectivity index (χ1n) is 4.41. The van der Waals surface area contributed by atoms with Gasteiger partial charge in [0.2, 0.25) is 0 Å². The molecule has 82 valence electrons. The van der Waals surface area contributed by atoms with Gasteiger partial charge in [0.1, 0.15) is 5.82 Å². The lowest BCUT2D eigenvalue weighted by atomic mass is 10.2. The van der Waals surface area contributed by atoms with E-state index in [0.717, 1.165) is 6.07 Å². The Bertz CT molecular complexity index is 368. The fourth-order valence-corrected chi connectivity index (χ4v) is 0.985. The van der Waals surface area contributed by atoms with Crippen LogP contribution in [0.3, 0.4) is 0 Å². The van der Waals surface area contributed by atoms with Crippen LogP contribution < -0.4 is 5.48 Å². The lowest BCUT2D eigenvalue weighted by Gasteiger charge is -2.08. The highest BCUT2D eigenvalue weighted by molar-refractivity contribution is 6.30. The zero-order valence-electron chi connectivity index (χ0n) is 8.38. The van der Waals surface area contributed by atoms with Crippen molar-refractivity contribution in [2.24, 2.45) is 0 Å². The fraction of sp³-hybridized carbons (Fsp3) is 0.300. The summed E-state index contributed by atoms with van der Waals surface area (Å²) < 4.78 is 13.0. The highest BCUT2D eigenvalue weighted by Crippen LogP contribution is 2.15. The highest BCUT2D eigenvalue weighted by atomic mass is 35.5. The van der Waals surface area contributed by atoms with Gasteiger partial charge in [-0.25, -0.2) is 9.87 Å². The van der Waals surface area contributed by atoms with E-state index >= 15 is 0 Å². The van der Waals surface area contributed by atoms with Gasteiger partial charge in [0.25, 0.3) is 5.91 Å². The predicted octanol–water partition coefficient (Wildman–Crippen LogP) is 2.55. The first kappa shape index (κ1) is 11.9. The van der Waals surface area contributed by atoms with Crippen molar-refractivity contribution in [3.05, 3.63) is 34.6 Å². The van der Waals surface area contributed by atoms with Crippen LogP contribution in [0.2, 0.25) is 5.02 Å². The molecule has 0 saturated heterocycles. The Morgan fingerprint density at radius 3 is 2.73 bits per heavy atom. The van der Waals surface area contributed by atoms with Crippen molar-refractivity contribution in [3.63, 3.8) is 0 Å². The van der Waals surface area contributed by atoms with E-state index in [9.17, 15) is 9.18 Å². The van der Waals surface area contributed by atoms with Gasteiger partial charge in [-0.15, -0.1) is 0 Å². The van der Waals surface area contributed by atoms with Crippen LogP contribution in [0.25, 0.3) is 0 Å². The number of halogens is 2. The standard InChI is InChI=1S/C10H11ClFNO2/c1-6(2)15-13-10(14)7-3-4-8(11)9(12)5-7/h3-6H,1-2H3,(H,13,14). The quantitative estimate of drug-likeness (QED) is 0.812. The lowest BCUT2D eigenvalue weighted by molar-refractivity contribution is 0.000169. The number of carbonyl (C=O) groups is 1. The van der Waals surface area contributed by atoms with Crippen LogP contribution in [0.4, 0.5) is 4.39 Å². The van der Waals surface area contributed by atoms with Gasteiger partial charge in [-0.3, -0.25) is 9.63 Å². The van der Waals surface area contributed by atoms with Crippen molar-refractivity contribution in [2.75, 3.05) is 0 Å². The summed E-state index contributed by atoms with van der Waals surface area (Å²) in [6, 6.07) is 3.80. The Kier molecular flexibility index (Phi) is 4.05. The smallest absolute Gasteiger partial charge is 0.271 e. The molecule has 0 radical (unpaired) electrons. The van der Waals surface area contributed by atoms with Gasteiger partial charge in [0, 0.05) is 5.56 Å². The summed E-state index contributed by atoms with van der Waals surface area (Å²) >= 11 is 5.47. The zero-order valence-corrected chi connectivity index (χ0v) is 9.14. The maximum absolute atomic E-state index is 13.0. The normalized spacial score (nSPS) is 10.5. The number of carbonyl (C=O) groups excluding carboxylic acids is 1. The average Bonchev–Trinajstić information content (AvgIpc) is 2.18. The molecule has 3 nitrogen and oxygen atoms in total. The second kappa shape index (κ2) is 5.09. The topological polar surface area (TPSA) is 38.3 Å². The van der Waals surface area contributed by atoms with Crippen molar-refractivity contribution < 1.29 is 14.0 Å². The number of amides is 1. The van der Waals surface area contributed by atoms with E-state index in [4.69, 9.17) is 16.4 Å². The van der Waals surface area contributed by atoms with Crippen LogP contribution in [-0.2, 0) is 4.84 Å². The summed E-state index contributed by atoms with van der Waals surface area (Å²) in [4.78, 5) is 16.2. The van der Waals surface area contributed by atoms with Crippen molar-refractivity contribution in [1.82, 2.24) is 5.48 Å². The molecule has 0 aliphatic carbocycles. The minimum Gasteiger partial charge on any atom is -0.271 e. The molecule has 1 N–H and O–H groups in total. The zero-order chi connectivity index (χ0) is 11.4. The van der Waals surface area contributed by atoms with E-state index in [-0.39, 0.29) is 16.7 Å². The Morgan fingerprint density at radius 2 is 2.20 bits per heavy atom. The molecule has 0 aliphatic rings. The number of benzene rings is 1. The third-order valence-corrected chi connectivity index (χ3v) is 1.88. The summed E-state index contributed by atoms with van der Waals surface area (Å²) in [6.07, 6.45) is -0.133. The molecule has 1 aromatic rings. The summed E-state index contributed by atoms with van der Waals surface area (Å²) in [5.41, 5.74) is 2.36. The number of rotatable bonds is 3. The second-order valence-corrected chi connectivity index (χ2v) is 3.63. The van der Waals surface area contributed by atoms with Gasteiger partial charge in [0.15, 0.2) is 0 Å². The number of hydrogen-bond donors (Lipinski definition) is 1. The Balaban J connectivity index is 2.70. The number of hydroxylamine groups is 1. The first-order chi connectivity index (χ1) is 7.00.